The van der Waals surface area contributed by atoms with E-state index >= 15 is 0 Å². The number of benzene rings is 1. The van der Waals surface area contributed by atoms with E-state index in [1.165, 1.54) is 0 Å². The molecule has 1 aromatic carbocycles. The quantitative estimate of drug-likeness (QED) is 0.553. The molecule has 1 amide bonds. The first kappa shape index (κ1) is 19.2. The van der Waals surface area contributed by atoms with Crippen molar-refractivity contribution in [1.29, 1.82) is 0 Å². The van der Waals surface area contributed by atoms with Gasteiger partial charge in [0.2, 0.25) is 0 Å². The average Bonchev–Trinajstić information content (AvgIpc) is 3.49. The van der Waals surface area contributed by atoms with Crippen molar-refractivity contribution in [3.8, 4) is 22.6 Å². The zero-order chi connectivity index (χ0) is 21.2. The molecule has 1 atom stereocenters. The van der Waals surface area contributed by atoms with E-state index in [0.717, 1.165) is 53.3 Å². The van der Waals surface area contributed by atoms with Crippen molar-refractivity contribution < 1.29 is 4.79 Å². The summed E-state index contributed by atoms with van der Waals surface area (Å²) in [6.45, 7) is 3.38. The lowest BCUT2D eigenvalue weighted by molar-refractivity contribution is 0.0679. The number of carbonyl (C=O) groups excluding carboxylic acids is 1. The second kappa shape index (κ2) is 8.14. The highest BCUT2D eigenvalue weighted by atomic mass is 16.2. The summed E-state index contributed by atoms with van der Waals surface area (Å²) >= 11 is 0. The minimum atomic E-state index is 0.0861. The molecule has 156 valence electrons. The predicted molar refractivity (Wildman–Crippen MR) is 116 cm³/mol. The Balaban J connectivity index is 1.35. The molecule has 0 spiro atoms. The van der Waals surface area contributed by atoms with E-state index in [-0.39, 0.29) is 11.9 Å². The standard InChI is InChI=1S/C23H23N7O/c1-16-22(27-28-26-16)18-9-10-24-20(12-18)21-14-30(15-25-21)19-8-5-11-29(13-19)23(31)17-6-3-2-4-7-17/h2-4,6-7,9-10,12,14-15,19H,5,8,11,13H2,1H3,(H,26,27,28)/t19-/m0/s1. The molecular weight excluding hydrogens is 390 g/mol. The first-order valence-corrected chi connectivity index (χ1v) is 10.4. The molecule has 1 saturated heterocycles. The number of aromatic amines is 1. The van der Waals surface area contributed by atoms with Gasteiger partial charge in [-0.1, -0.05) is 18.2 Å². The van der Waals surface area contributed by atoms with Gasteiger partial charge in [-0.05, 0) is 44.0 Å². The van der Waals surface area contributed by atoms with Gasteiger partial charge in [0.25, 0.3) is 5.91 Å². The molecule has 4 aromatic rings. The lowest BCUT2D eigenvalue weighted by Gasteiger charge is -2.33. The smallest absolute Gasteiger partial charge is 0.253 e. The summed E-state index contributed by atoms with van der Waals surface area (Å²) in [4.78, 5) is 23.9. The number of amides is 1. The Morgan fingerprint density at radius 2 is 1.97 bits per heavy atom. The molecule has 1 aliphatic heterocycles. The monoisotopic (exact) mass is 413 g/mol. The van der Waals surface area contributed by atoms with Crippen LogP contribution in [0, 0.1) is 6.92 Å². The van der Waals surface area contributed by atoms with E-state index in [1.54, 1.807) is 6.20 Å². The summed E-state index contributed by atoms with van der Waals surface area (Å²) in [5, 5.41) is 11.0. The van der Waals surface area contributed by atoms with E-state index < -0.39 is 0 Å². The number of hydrogen-bond donors (Lipinski definition) is 1. The molecule has 4 heterocycles. The van der Waals surface area contributed by atoms with Crippen molar-refractivity contribution in [1.82, 2.24) is 34.8 Å². The van der Waals surface area contributed by atoms with E-state index in [0.29, 0.717) is 6.54 Å². The Hall–Kier alpha value is -3.81. The lowest BCUT2D eigenvalue weighted by atomic mass is 10.0. The Kier molecular flexibility index (Phi) is 5.03. The second-order valence-electron chi connectivity index (χ2n) is 7.81. The number of likely N-dealkylation sites (tertiary alicyclic amines) is 1. The average molecular weight is 413 g/mol. The topological polar surface area (TPSA) is 92.6 Å². The molecule has 0 unspecified atom stereocenters. The zero-order valence-electron chi connectivity index (χ0n) is 17.3. The SMILES string of the molecule is Cc1n[nH]nc1-c1ccnc(-c2cn([C@H]3CCCN(C(=O)c4ccccc4)C3)cn2)c1. The Bertz CT molecular complexity index is 1200. The Labute approximate surface area is 180 Å². The molecule has 3 aromatic heterocycles. The predicted octanol–water partition coefficient (Wildman–Crippen LogP) is 3.52. The van der Waals surface area contributed by atoms with Gasteiger partial charge in [-0.2, -0.15) is 15.4 Å². The normalized spacial score (nSPS) is 16.4. The summed E-state index contributed by atoms with van der Waals surface area (Å²) in [6.07, 6.45) is 7.60. The molecule has 8 heteroatoms. The largest absolute Gasteiger partial charge is 0.337 e. The number of piperidine rings is 1. The van der Waals surface area contributed by atoms with Gasteiger partial charge < -0.3 is 9.47 Å². The van der Waals surface area contributed by atoms with Crippen molar-refractivity contribution in [3.63, 3.8) is 0 Å². The third kappa shape index (κ3) is 3.84. The maximum Gasteiger partial charge on any atom is 0.253 e. The first-order valence-electron chi connectivity index (χ1n) is 10.4. The van der Waals surface area contributed by atoms with Gasteiger partial charge in [0.1, 0.15) is 11.4 Å². The lowest BCUT2D eigenvalue weighted by Crippen LogP contribution is -2.40. The highest BCUT2D eigenvalue weighted by molar-refractivity contribution is 5.94. The van der Waals surface area contributed by atoms with Crippen LogP contribution in [0.2, 0.25) is 0 Å². The van der Waals surface area contributed by atoms with Gasteiger partial charge >= 0.3 is 0 Å². The fourth-order valence-electron chi connectivity index (χ4n) is 4.09. The number of nitrogens with one attached hydrogen (secondary N) is 1. The van der Waals surface area contributed by atoms with Crippen LogP contribution in [0.3, 0.4) is 0 Å². The molecular formula is C23H23N7O. The summed E-state index contributed by atoms with van der Waals surface area (Å²) in [6, 6.07) is 13.6. The minimum Gasteiger partial charge on any atom is -0.337 e. The van der Waals surface area contributed by atoms with Crippen molar-refractivity contribution in [2.75, 3.05) is 13.1 Å². The summed E-state index contributed by atoms with van der Waals surface area (Å²) < 4.78 is 2.11. The number of carbonyl (C=O) groups is 1. The van der Waals surface area contributed by atoms with Crippen molar-refractivity contribution >= 4 is 5.91 Å². The van der Waals surface area contributed by atoms with Gasteiger partial charge in [0.15, 0.2) is 0 Å². The van der Waals surface area contributed by atoms with Gasteiger partial charge in [0.05, 0.1) is 23.8 Å². The van der Waals surface area contributed by atoms with Crippen LogP contribution >= 0.6 is 0 Å². The van der Waals surface area contributed by atoms with Crippen molar-refractivity contribution in [2.24, 2.45) is 0 Å². The van der Waals surface area contributed by atoms with Gasteiger partial charge in [-0.3, -0.25) is 9.78 Å². The highest BCUT2D eigenvalue weighted by Gasteiger charge is 2.25. The summed E-state index contributed by atoms with van der Waals surface area (Å²) in [5.41, 5.74) is 4.92. The van der Waals surface area contributed by atoms with E-state index in [9.17, 15) is 4.79 Å². The minimum absolute atomic E-state index is 0.0861. The van der Waals surface area contributed by atoms with Gasteiger partial charge in [0, 0.05) is 36.6 Å². The zero-order valence-corrected chi connectivity index (χ0v) is 17.3. The number of hydrogen-bond acceptors (Lipinski definition) is 5. The molecule has 0 radical (unpaired) electrons. The van der Waals surface area contributed by atoms with Crippen LogP contribution in [0.1, 0.15) is 34.9 Å². The third-order valence-electron chi connectivity index (χ3n) is 5.75. The summed E-state index contributed by atoms with van der Waals surface area (Å²) in [5.74, 6) is 0.0861. The highest BCUT2D eigenvalue weighted by Crippen LogP contribution is 2.27. The number of aryl methyl sites for hydroxylation is 1. The number of aromatic nitrogens is 6. The molecule has 8 nitrogen and oxygen atoms in total. The molecule has 0 saturated carbocycles. The van der Waals surface area contributed by atoms with Crippen LogP contribution in [0.5, 0.6) is 0 Å². The second-order valence-corrected chi connectivity index (χ2v) is 7.81. The molecule has 0 aliphatic carbocycles. The Morgan fingerprint density at radius 3 is 2.77 bits per heavy atom. The van der Waals surface area contributed by atoms with Crippen LogP contribution in [0.15, 0.2) is 61.2 Å². The summed E-state index contributed by atoms with van der Waals surface area (Å²) in [7, 11) is 0. The number of nitrogens with zero attached hydrogens (tertiary/aromatic N) is 6. The first-order chi connectivity index (χ1) is 15.2. The molecule has 1 aliphatic rings. The maximum absolute atomic E-state index is 12.9. The number of pyridine rings is 1. The van der Waals surface area contributed by atoms with E-state index in [1.807, 2.05) is 66.8 Å². The van der Waals surface area contributed by atoms with Crippen LogP contribution < -0.4 is 0 Å². The number of H-pyrrole nitrogens is 1. The molecule has 5 rings (SSSR count). The maximum atomic E-state index is 12.9. The molecule has 1 fully saturated rings. The van der Waals surface area contributed by atoms with Gasteiger partial charge in [-0.25, -0.2) is 4.98 Å². The molecule has 0 bridgehead atoms. The van der Waals surface area contributed by atoms with Crippen LogP contribution in [-0.4, -0.2) is 53.8 Å². The van der Waals surface area contributed by atoms with Crippen LogP contribution in [0.25, 0.3) is 22.6 Å². The van der Waals surface area contributed by atoms with E-state index in [4.69, 9.17) is 0 Å². The number of rotatable bonds is 4. The fourth-order valence-corrected chi connectivity index (χ4v) is 4.09. The number of imidazole rings is 1. The fraction of sp³-hybridized carbons (Fsp3) is 0.261. The molecule has 31 heavy (non-hydrogen) atoms. The van der Waals surface area contributed by atoms with Crippen molar-refractivity contribution in [3.05, 3.63) is 72.4 Å². The third-order valence-corrected chi connectivity index (χ3v) is 5.75. The van der Waals surface area contributed by atoms with Crippen LogP contribution in [0.4, 0.5) is 0 Å². The van der Waals surface area contributed by atoms with Crippen molar-refractivity contribution in [2.45, 2.75) is 25.8 Å². The van der Waals surface area contributed by atoms with Crippen LogP contribution in [-0.2, 0) is 0 Å². The Morgan fingerprint density at radius 1 is 1.10 bits per heavy atom. The molecule has 1 N–H and O–H groups in total. The van der Waals surface area contributed by atoms with E-state index in [2.05, 4.69) is 29.9 Å². The van der Waals surface area contributed by atoms with Gasteiger partial charge in [-0.15, -0.1) is 0 Å².